The number of rotatable bonds is 4. The molecule has 3 saturated heterocycles. The number of carbonyl (C=O) groups excluding carboxylic acids is 1. The van der Waals surface area contributed by atoms with Crippen molar-refractivity contribution < 1.29 is 31.0 Å². The first-order valence-corrected chi connectivity index (χ1v) is 11.0. The number of fused-ring (bicyclic) bond motifs is 5. The van der Waals surface area contributed by atoms with E-state index in [0.29, 0.717) is 5.92 Å². The third-order valence-electron chi connectivity index (χ3n) is 7.46. The van der Waals surface area contributed by atoms with E-state index in [4.69, 9.17) is 4.74 Å². The van der Waals surface area contributed by atoms with Gasteiger partial charge < -0.3 is 26.2 Å². The minimum absolute atomic E-state index is 0. The Morgan fingerprint density at radius 1 is 1.00 bits per heavy atom. The van der Waals surface area contributed by atoms with E-state index in [-0.39, 0.29) is 35.0 Å². The van der Waals surface area contributed by atoms with Crippen LogP contribution in [0.4, 0.5) is 0 Å². The number of hydrogen-bond donors (Lipinski definition) is 0. The van der Waals surface area contributed by atoms with Gasteiger partial charge >= 0.3 is 5.97 Å². The highest BCUT2D eigenvalue weighted by Crippen LogP contribution is 2.39. The number of nitrogens with zero attached hydrogens (tertiary/aromatic N) is 1. The summed E-state index contributed by atoms with van der Waals surface area (Å²) < 4.78 is 7.35. The Bertz CT molecular complexity index is 885. The summed E-state index contributed by atoms with van der Waals surface area (Å²) in [6.07, 6.45) is 6.33. The Morgan fingerprint density at radius 2 is 1.57 bits per heavy atom. The molecule has 4 heteroatoms. The first-order chi connectivity index (χ1) is 14.2. The number of benzene rings is 2. The van der Waals surface area contributed by atoms with Crippen molar-refractivity contribution in [2.75, 3.05) is 26.2 Å². The van der Waals surface area contributed by atoms with Crippen molar-refractivity contribution in [3.05, 3.63) is 83.4 Å². The number of piperidine rings is 3. The largest absolute Gasteiger partial charge is 1.00 e. The molecule has 2 bridgehead atoms. The summed E-state index contributed by atoms with van der Waals surface area (Å²) >= 11 is 0. The number of quaternary nitrogens is 1. The summed E-state index contributed by atoms with van der Waals surface area (Å²) in [4.78, 5) is 13.6. The van der Waals surface area contributed by atoms with Crippen LogP contribution in [0.25, 0.3) is 0 Å². The fourth-order valence-corrected chi connectivity index (χ4v) is 5.88. The Labute approximate surface area is 190 Å². The molecule has 6 rings (SSSR count). The van der Waals surface area contributed by atoms with Crippen LogP contribution in [0, 0.1) is 5.92 Å². The molecule has 30 heavy (non-hydrogen) atoms. The molecule has 158 valence electrons. The molecular formula is C26H30BrNO2. The SMILES string of the molecule is C=CC[N+]12CCC(CC1)[C@@H](OC(=O)C1c3ccccc3CCc3ccccc31)C2.[Br-]. The van der Waals surface area contributed by atoms with Crippen LogP contribution in [0.1, 0.15) is 41.0 Å². The highest BCUT2D eigenvalue weighted by Gasteiger charge is 2.47. The molecule has 2 aromatic rings. The topological polar surface area (TPSA) is 26.3 Å². The Hall–Kier alpha value is -1.91. The summed E-state index contributed by atoms with van der Waals surface area (Å²) in [6, 6.07) is 16.8. The molecule has 3 aliphatic heterocycles. The van der Waals surface area contributed by atoms with E-state index in [1.165, 1.54) is 24.2 Å². The zero-order valence-electron chi connectivity index (χ0n) is 17.4. The first-order valence-electron chi connectivity index (χ1n) is 11.0. The zero-order chi connectivity index (χ0) is 19.8. The summed E-state index contributed by atoms with van der Waals surface area (Å²) in [7, 11) is 0. The van der Waals surface area contributed by atoms with Gasteiger partial charge in [-0.2, -0.15) is 0 Å². The van der Waals surface area contributed by atoms with Crippen LogP contribution < -0.4 is 17.0 Å². The van der Waals surface area contributed by atoms with Crippen LogP contribution in [-0.2, 0) is 22.4 Å². The second kappa shape index (κ2) is 8.68. The van der Waals surface area contributed by atoms with Gasteiger partial charge in [0.05, 0.1) is 19.6 Å². The number of esters is 1. The average molecular weight is 468 g/mol. The molecule has 0 amide bonds. The van der Waals surface area contributed by atoms with Gasteiger partial charge in [-0.1, -0.05) is 55.1 Å². The van der Waals surface area contributed by atoms with Crippen LogP contribution in [0.3, 0.4) is 0 Å². The highest BCUT2D eigenvalue weighted by atomic mass is 79.9. The van der Waals surface area contributed by atoms with Crippen molar-refractivity contribution in [1.29, 1.82) is 0 Å². The van der Waals surface area contributed by atoms with E-state index >= 15 is 0 Å². The van der Waals surface area contributed by atoms with E-state index in [1.807, 2.05) is 18.2 Å². The fourth-order valence-electron chi connectivity index (χ4n) is 5.88. The third kappa shape index (κ3) is 3.76. The summed E-state index contributed by atoms with van der Waals surface area (Å²) in [5, 5.41) is 0. The number of ether oxygens (including phenoxy) is 1. The second-order valence-corrected chi connectivity index (χ2v) is 9.09. The quantitative estimate of drug-likeness (QED) is 0.384. The fraction of sp³-hybridized carbons (Fsp3) is 0.423. The van der Waals surface area contributed by atoms with Crippen molar-refractivity contribution in [3.63, 3.8) is 0 Å². The van der Waals surface area contributed by atoms with Crippen molar-refractivity contribution in [2.45, 2.75) is 37.7 Å². The number of halogens is 1. The van der Waals surface area contributed by atoms with E-state index in [1.54, 1.807) is 0 Å². The monoisotopic (exact) mass is 467 g/mol. The van der Waals surface area contributed by atoms with Gasteiger partial charge in [-0.15, -0.1) is 0 Å². The normalized spacial score (nSPS) is 27.2. The van der Waals surface area contributed by atoms with Crippen molar-refractivity contribution >= 4 is 5.97 Å². The van der Waals surface area contributed by atoms with Crippen LogP contribution >= 0.6 is 0 Å². The molecule has 0 radical (unpaired) electrons. The minimum atomic E-state index is -0.312. The molecule has 3 heterocycles. The maximum Gasteiger partial charge on any atom is 0.318 e. The number of carbonyl (C=O) groups is 1. The lowest BCUT2D eigenvalue weighted by molar-refractivity contribution is -0.941. The molecule has 0 unspecified atom stereocenters. The van der Waals surface area contributed by atoms with E-state index in [0.717, 1.165) is 54.4 Å². The van der Waals surface area contributed by atoms with Crippen molar-refractivity contribution in [1.82, 2.24) is 0 Å². The molecule has 0 saturated carbocycles. The second-order valence-electron chi connectivity index (χ2n) is 9.09. The molecule has 4 aliphatic rings. The summed E-state index contributed by atoms with van der Waals surface area (Å²) in [5.74, 6) is 0.135. The van der Waals surface area contributed by atoms with Gasteiger partial charge in [0.2, 0.25) is 0 Å². The van der Waals surface area contributed by atoms with Crippen LogP contribution in [0.5, 0.6) is 0 Å². The lowest BCUT2D eigenvalue weighted by Gasteiger charge is -2.51. The van der Waals surface area contributed by atoms with Gasteiger partial charge in [0.25, 0.3) is 0 Å². The molecule has 1 aliphatic carbocycles. The van der Waals surface area contributed by atoms with Crippen LogP contribution in [0.2, 0.25) is 0 Å². The third-order valence-corrected chi connectivity index (χ3v) is 7.46. The van der Waals surface area contributed by atoms with Gasteiger partial charge in [0.1, 0.15) is 12.5 Å². The highest BCUT2D eigenvalue weighted by molar-refractivity contribution is 5.84. The molecule has 3 fully saturated rings. The van der Waals surface area contributed by atoms with Gasteiger partial charge in [0, 0.05) is 18.8 Å². The molecule has 1 atom stereocenters. The van der Waals surface area contributed by atoms with Gasteiger partial charge in [-0.3, -0.25) is 4.79 Å². The molecule has 0 aromatic heterocycles. The van der Waals surface area contributed by atoms with E-state index in [9.17, 15) is 4.79 Å². The maximum atomic E-state index is 13.6. The molecule has 2 aromatic carbocycles. The Morgan fingerprint density at radius 3 is 2.13 bits per heavy atom. The lowest BCUT2D eigenvalue weighted by Crippen LogP contribution is -3.00. The molecule has 0 spiro atoms. The van der Waals surface area contributed by atoms with E-state index < -0.39 is 0 Å². The van der Waals surface area contributed by atoms with E-state index in [2.05, 4.69) is 43.0 Å². The Balaban J connectivity index is 0.00000218. The van der Waals surface area contributed by atoms with Gasteiger partial charge in [-0.25, -0.2) is 0 Å². The zero-order valence-corrected chi connectivity index (χ0v) is 19.0. The first kappa shape index (κ1) is 21.3. The van der Waals surface area contributed by atoms with Gasteiger partial charge in [0.15, 0.2) is 6.10 Å². The predicted octanol–water partition coefficient (Wildman–Crippen LogP) is 1.26. The average Bonchev–Trinajstić information content (AvgIpc) is 2.91. The number of aryl methyl sites for hydroxylation is 2. The minimum Gasteiger partial charge on any atom is -1.00 e. The van der Waals surface area contributed by atoms with Crippen molar-refractivity contribution in [2.24, 2.45) is 5.92 Å². The van der Waals surface area contributed by atoms with Crippen molar-refractivity contribution in [3.8, 4) is 0 Å². The summed E-state index contributed by atoms with van der Waals surface area (Å²) in [5.41, 5.74) is 4.79. The Kier molecular flexibility index (Phi) is 6.17. The maximum absolute atomic E-state index is 13.6. The predicted molar refractivity (Wildman–Crippen MR) is 115 cm³/mol. The molecule has 3 nitrogen and oxygen atoms in total. The standard InChI is InChI=1S/C26H30NO2.BrH/c1-2-15-27-16-13-21(14-17-27)24(18-27)29-26(28)25-22-9-5-3-7-19(22)11-12-20-8-4-6-10-23(20)25;/h2-10,21,24-25H,1,11-18H2;1H/q+1;/p-1/t21?,24-,27?;/m0./s1. The van der Waals surface area contributed by atoms with Crippen LogP contribution in [-0.4, -0.2) is 42.7 Å². The number of hydrogen-bond acceptors (Lipinski definition) is 2. The molecule has 0 N–H and O–H groups in total. The smallest absolute Gasteiger partial charge is 0.318 e. The summed E-state index contributed by atoms with van der Waals surface area (Å²) in [6.45, 7) is 8.28. The van der Waals surface area contributed by atoms with Gasteiger partial charge in [-0.05, 0) is 41.2 Å². The lowest BCUT2D eigenvalue weighted by atomic mass is 9.82. The molecular weight excluding hydrogens is 438 g/mol. The van der Waals surface area contributed by atoms with Crippen LogP contribution in [0.15, 0.2) is 61.2 Å².